The molecule has 1 amide bonds. The van der Waals surface area contributed by atoms with Gasteiger partial charge in [0.05, 0.1) is 30.4 Å². The Morgan fingerprint density at radius 1 is 1.02 bits per heavy atom. The lowest BCUT2D eigenvalue weighted by molar-refractivity contribution is -0.126. The fraction of sp³-hybridized carbons (Fsp3) is 0.600. The molecule has 3 aliphatic rings. The number of aliphatic hydroxyl groups is 1. The van der Waals surface area contributed by atoms with Gasteiger partial charge in [0.2, 0.25) is 17.7 Å². The summed E-state index contributed by atoms with van der Waals surface area (Å²) < 4.78 is 41.5. The molecule has 43 heavy (non-hydrogen) atoms. The monoisotopic (exact) mass is 599 g/mol. The number of nitrogens with one attached hydrogen (secondary N) is 1. The van der Waals surface area contributed by atoms with Crippen molar-refractivity contribution in [1.82, 2.24) is 29.7 Å². The Labute approximate surface area is 249 Å². The van der Waals surface area contributed by atoms with Gasteiger partial charge in [0, 0.05) is 51.3 Å². The summed E-state index contributed by atoms with van der Waals surface area (Å²) >= 11 is 0. The van der Waals surface area contributed by atoms with Gasteiger partial charge >= 0.3 is 0 Å². The zero-order valence-electron chi connectivity index (χ0n) is 24.2. The number of carbonyl (C=O) groups is 1. The third-order valence-electron chi connectivity index (χ3n) is 8.60. The SMILES string of the molecule is O=C(NCCN1CCC(O)CC1)[C@H]1CC[C@H](Oc2cc(-n3c(C(F)F)nc4ccccc43)nc(N3CCOCC3)n2)CC1. The van der Waals surface area contributed by atoms with Crippen LogP contribution >= 0.6 is 0 Å². The summed E-state index contributed by atoms with van der Waals surface area (Å²) in [5.74, 6) is 0.587. The summed E-state index contributed by atoms with van der Waals surface area (Å²) in [7, 11) is 0. The summed E-state index contributed by atoms with van der Waals surface area (Å²) in [6.07, 6.45) is 1.17. The van der Waals surface area contributed by atoms with Gasteiger partial charge in [-0.1, -0.05) is 12.1 Å². The lowest BCUT2D eigenvalue weighted by atomic mass is 9.87. The number of nitrogens with zero attached hydrogens (tertiary/aromatic N) is 6. The number of carbonyl (C=O) groups excluding carboxylic acids is 1. The molecule has 3 fully saturated rings. The van der Waals surface area contributed by atoms with Crippen molar-refractivity contribution in [1.29, 1.82) is 0 Å². The molecule has 6 rings (SSSR count). The zero-order valence-corrected chi connectivity index (χ0v) is 24.2. The highest BCUT2D eigenvalue weighted by Gasteiger charge is 2.29. The number of amides is 1. The third kappa shape index (κ3) is 7.05. The van der Waals surface area contributed by atoms with E-state index in [1.54, 1.807) is 30.3 Å². The number of hydrogen-bond acceptors (Lipinski definition) is 9. The van der Waals surface area contributed by atoms with Crippen LogP contribution in [0.5, 0.6) is 5.88 Å². The molecular weight excluding hydrogens is 560 g/mol. The summed E-state index contributed by atoms with van der Waals surface area (Å²) in [4.78, 5) is 30.6. The van der Waals surface area contributed by atoms with Crippen molar-refractivity contribution in [2.45, 2.75) is 57.2 Å². The molecule has 232 valence electrons. The number of piperidine rings is 1. The van der Waals surface area contributed by atoms with E-state index in [1.165, 1.54) is 4.57 Å². The van der Waals surface area contributed by atoms with Crippen LogP contribution in [0.25, 0.3) is 16.9 Å². The van der Waals surface area contributed by atoms with E-state index in [1.807, 2.05) is 4.90 Å². The fourth-order valence-corrected chi connectivity index (χ4v) is 6.15. The largest absolute Gasteiger partial charge is 0.474 e. The molecule has 0 radical (unpaired) electrons. The number of aliphatic hydroxyl groups excluding tert-OH is 1. The summed E-state index contributed by atoms with van der Waals surface area (Å²) in [6, 6.07) is 8.59. The number of morpholine rings is 1. The number of anilines is 1. The first-order valence-corrected chi connectivity index (χ1v) is 15.3. The number of fused-ring (bicyclic) bond motifs is 1. The molecule has 4 heterocycles. The van der Waals surface area contributed by atoms with Crippen LogP contribution in [0.2, 0.25) is 0 Å². The average Bonchev–Trinajstić information content (AvgIpc) is 3.43. The highest BCUT2D eigenvalue weighted by atomic mass is 19.3. The first-order valence-electron chi connectivity index (χ1n) is 15.3. The van der Waals surface area contributed by atoms with Crippen molar-refractivity contribution >= 4 is 22.9 Å². The first kappa shape index (κ1) is 29.6. The Balaban J connectivity index is 1.13. The summed E-state index contributed by atoms with van der Waals surface area (Å²) in [5.41, 5.74) is 0.984. The zero-order chi connectivity index (χ0) is 29.8. The molecule has 11 nitrogen and oxygen atoms in total. The lowest BCUT2D eigenvalue weighted by Crippen LogP contribution is -2.42. The van der Waals surface area contributed by atoms with Crippen molar-refractivity contribution in [3.8, 4) is 11.7 Å². The molecular formula is C30H39F2N7O4. The lowest BCUT2D eigenvalue weighted by Gasteiger charge is -2.31. The van der Waals surface area contributed by atoms with Gasteiger partial charge in [0.25, 0.3) is 6.43 Å². The molecule has 1 saturated carbocycles. The van der Waals surface area contributed by atoms with E-state index in [9.17, 15) is 18.7 Å². The fourth-order valence-electron chi connectivity index (χ4n) is 6.15. The summed E-state index contributed by atoms with van der Waals surface area (Å²) in [6.45, 7) is 5.31. The van der Waals surface area contributed by atoms with Crippen LogP contribution in [0.3, 0.4) is 0 Å². The Kier molecular flexibility index (Phi) is 9.29. The maximum atomic E-state index is 14.1. The van der Waals surface area contributed by atoms with Gasteiger partial charge in [-0.25, -0.2) is 13.8 Å². The standard InChI is InChI=1S/C30H39F2N7O4/c31-27(32)28-34-23-3-1-2-4-24(23)39(28)25-19-26(36-30(35-25)38-15-17-42-18-16-38)43-22-7-5-20(6-8-22)29(41)33-11-14-37-12-9-21(40)10-13-37/h1-4,19-22,27,40H,5-18H2,(H,33,41)/t20-,22-. The molecule has 1 aromatic carbocycles. The maximum absolute atomic E-state index is 14.1. The van der Waals surface area contributed by atoms with Crippen LogP contribution < -0.4 is 15.0 Å². The van der Waals surface area contributed by atoms with Gasteiger partial charge in [-0.05, 0) is 50.7 Å². The maximum Gasteiger partial charge on any atom is 0.296 e. The van der Waals surface area contributed by atoms with E-state index in [0.717, 1.165) is 32.5 Å². The van der Waals surface area contributed by atoms with E-state index < -0.39 is 6.43 Å². The molecule has 0 bridgehead atoms. The quantitative estimate of drug-likeness (QED) is 0.383. The second kappa shape index (κ2) is 13.5. The Morgan fingerprint density at radius 2 is 1.77 bits per heavy atom. The molecule has 1 aliphatic carbocycles. The second-order valence-corrected chi connectivity index (χ2v) is 11.5. The van der Waals surface area contributed by atoms with Crippen LogP contribution in [-0.2, 0) is 9.53 Å². The van der Waals surface area contributed by atoms with Gasteiger partial charge in [-0.15, -0.1) is 0 Å². The number of alkyl halides is 2. The van der Waals surface area contributed by atoms with E-state index in [4.69, 9.17) is 9.47 Å². The number of halogens is 2. The minimum absolute atomic E-state index is 0.0703. The van der Waals surface area contributed by atoms with Gasteiger partial charge in [-0.3, -0.25) is 9.36 Å². The number of hydrogen-bond donors (Lipinski definition) is 2. The van der Waals surface area contributed by atoms with Crippen molar-refractivity contribution < 1.29 is 28.2 Å². The highest BCUT2D eigenvalue weighted by Crippen LogP contribution is 2.32. The smallest absolute Gasteiger partial charge is 0.296 e. The van der Waals surface area contributed by atoms with E-state index >= 15 is 0 Å². The Bertz CT molecular complexity index is 1380. The van der Waals surface area contributed by atoms with E-state index in [0.29, 0.717) is 81.4 Å². The van der Waals surface area contributed by atoms with Crippen LogP contribution in [0.4, 0.5) is 14.7 Å². The Morgan fingerprint density at radius 3 is 2.51 bits per heavy atom. The topological polar surface area (TPSA) is 118 Å². The van der Waals surface area contributed by atoms with Crippen LogP contribution in [0, 0.1) is 5.92 Å². The first-order chi connectivity index (χ1) is 20.9. The minimum atomic E-state index is -2.80. The third-order valence-corrected chi connectivity index (χ3v) is 8.60. The van der Waals surface area contributed by atoms with Crippen molar-refractivity contribution in [3.05, 3.63) is 36.2 Å². The molecule has 2 aromatic heterocycles. The van der Waals surface area contributed by atoms with Crippen molar-refractivity contribution in [2.75, 3.05) is 57.4 Å². The van der Waals surface area contributed by atoms with Gasteiger partial charge in [0.1, 0.15) is 11.9 Å². The molecule has 0 unspecified atom stereocenters. The number of aromatic nitrogens is 4. The van der Waals surface area contributed by atoms with Crippen LogP contribution in [0.1, 0.15) is 50.8 Å². The molecule has 0 atom stereocenters. The highest BCUT2D eigenvalue weighted by molar-refractivity contribution is 5.79. The van der Waals surface area contributed by atoms with Gasteiger partial charge in [-0.2, -0.15) is 9.97 Å². The van der Waals surface area contributed by atoms with Crippen LogP contribution in [0.15, 0.2) is 30.3 Å². The number of imidazole rings is 1. The molecule has 3 aromatic rings. The number of para-hydroxylation sites is 2. The normalized spacial score (nSPS) is 22.3. The molecule has 0 spiro atoms. The average molecular weight is 600 g/mol. The molecule has 2 N–H and O–H groups in total. The number of likely N-dealkylation sites (tertiary alicyclic amines) is 1. The molecule has 2 aliphatic heterocycles. The predicted octanol–water partition coefficient (Wildman–Crippen LogP) is 3.10. The summed E-state index contributed by atoms with van der Waals surface area (Å²) in [5, 5.41) is 12.8. The van der Waals surface area contributed by atoms with Gasteiger partial charge in [0.15, 0.2) is 5.82 Å². The van der Waals surface area contributed by atoms with Crippen LogP contribution in [-0.4, -0.2) is 100 Å². The number of rotatable bonds is 9. The second-order valence-electron chi connectivity index (χ2n) is 11.5. The molecule has 2 saturated heterocycles. The van der Waals surface area contributed by atoms with E-state index in [-0.39, 0.29) is 35.7 Å². The Hall–Kier alpha value is -3.42. The van der Waals surface area contributed by atoms with E-state index in [2.05, 4.69) is 25.2 Å². The van der Waals surface area contributed by atoms with Crippen molar-refractivity contribution in [2.24, 2.45) is 5.92 Å². The van der Waals surface area contributed by atoms with Crippen molar-refractivity contribution in [3.63, 3.8) is 0 Å². The molecule has 13 heteroatoms. The predicted molar refractivity (Wildman–Crippen MR) is 156 cm³/mol. The number of benzene rings is 1. The minimum Gasteiger partial charge on any atom is -0.474 e. The number of ether oxygens (including phenoxy) is 2. The van der Waals surface area contributed by atoms with Gasteiger partial charge < -0.3 is 29.7 Å².